The number of rotatable bonds is 6. The molecule has 0 aliphatic heterocycles. The van der Waals surface area contributed by atoms with Crippen LogP contribution in [0.25, 0.3) is 44.0 Å². The van der Waals surface area contributed by atoms with Gasteiger partial charge in [-0.15, -0.1) is 0 Å². The van der Waals surface area contributed by atoms with Gasteiger partial charge in [-0.3, -0.25) is 0 Å². The number of aromatic carboxylic acids is 1. The van der Waals surface area contributed by atoms with Crippen molar-refractivity contribution in [1.82, 2.24) is 14.1 Å². The Morgan fingerprint density at radius 1 is 1.12 bits per heavy atom. The molecular formula is C27H26FN3O3. The Balaban J connectivity index is 1.83. The van der Waals surface area contributed by atoms with Crippen LogP contribution in [0.4, 0.5) is 4.39 Å². The number of carboxylic acid groups (broad SMARTS) is 1. The predicted octanol–water partition coefficient (Wildman–Crippen LogP) is 5.93. The molecule has 3 aromatic carbocycles. The van der Waals surface area contributed by atoms with Crippen LogP contribution in [0.2, 0.25) is 0 Å². The highest BCUT2D eigenvalue weighted by Crippen LogP contribution is 2.37. The summed E-state index contributed by atoms with van der Waals surface area (Å²) in [6, 6.07) is 10.9. The molecule has 0 amide bonds. The van der Waals surface area contributed by atoms with Crippen molar-refractivity contribution in [1.29, 1.82) is 0 Å². The van der Waals surface area contributed by atoms with E-state index in [4.69, 9.17) is 4.74 Å². The zero-order chi connectivity index (χ0) is 24.1. The van der Waals surface area contributed by atoms with Crippen LogP contribution >= 0.6 is 0 Å². The average Bonchev–Trinajstić information content (AvgIpc) is 3.35. The minimum Gasteiger partial charge on any atom is -0.478 e. The molecule has 1 N–H and O–H groups in total. The molecule has 5 aromatic rings. The number of carboxylic acids is 1. The lowest BCUT2D eigenvalue weighted by Gasteiger charge is -2.13. The molecular weight excluding hydrogens is 433 g/mol. The average molecular weight is 460 g/mol. The van der Waals surface area contributed by atoms with E-state index in [1.54, 1.807) is 32.5 Å². The van der Waals surface area contributed by atoms with Gasteiger partial charge in [0.1, 0.15) is 5.82 Å². The summed E-state index contributed by atoms with van der Waals surface area (Å²) in [6.45, 7) is 7.65. The summed E-state index contributed by atoms with van der Waals surface area (Å²) in [5.41, 5.74) is 6.62. The maximum atomic E-state index is 14.4. The lowest BCUT2D eigenvalue weighted by Crippen LogP contribution is -2.06. The Labute approximate surface area is 196 Å². The molecule has 174 valence electrons. The fourth-order valence-electron chi connectivity index (χ4n) is 5.14. The number of ether oxygens (including phenoxy) is 1. The van der Waals surface area contributed by atoms with Gasteiger partial charge in [0.2, 0.25) is 0 Å². The summed E-state index contributed by atoms with van der Waals surface area (Å²) in [6.07, 6.45) is 1.72. The molecule has 5 rings (SSSR count). The lowest BCUT2D eigenvalue weighted by molar-refractivity contribution is 0.0697. The van der Waals surface area contributed by atoms with Crippen molar-refractivity contribution in [2.24, 2.45) is 0 Å². The van der Waals surface area contributed by atoms with Crippen molar-refractivity contribution in [3.63, 3.8) is 0 Å². The summed E-state index contributed by atoms with van der Waals surface area (Å²) in [5, 5.41) is 11.8. The number of benzene rings is 3. The van der Waals surface area contributed by atoms with Crippen LogP contribution in [0.3, 0.4) is 0 Å². The number of halogens is 1. The Morgan fingerprint density at radius 2 is 1.91 bits per heavy atom. The first kappa shape index (κ1) is 22.1. The highest BCUT2D eigenvalue weighted by molar-refractivity contribution is 6.11. The van der Waals surface area contributed by atoms with Crippen molar-refractivity contribution < 1.29 is 19.0 Å². The van der Waals surface area contributed by atoms with Crippen molar-refractivity contribution in [2.45, 2.75) is 33.9 Å². The summed E-state index contributed by atoms with van der Waals surface area (Å²) in [4.78, 5) is 16.8. The summed E-state index contributed by atoms with van der Waals surface area (Å²) in [7, 11) is 1.64. The van der Waals surface area contributed by atoms with Gasteiger partial charge in [0.25, 0.3) is 0 Å². The third kappa shape index (κ3) is 3.27. The van der Waals surface area contributed by atoms with Crippen LogP contribution in [-0.4, -0.2) is 38.9 Å². The van der Waals surface area contributed by atoms with E-state index in [1.165, 1.54) is 0 Å². The second-order valence-electron chi connectivity index (χ2n) is 8.62. The molecule has 0 aliphatic carbocycles. The van der Waals surface area contributed by atoms with Gasteiger partial charge < -0.3 is 19.0 Å². The lowest BCUT2D eigenvalue weighted by atomic mass is 9.93. The molecule has 2 aromatic heterocycles. The van der Waals surface area contributed by atoms with Gasteiger partial charge in [-0.25, -0.2) is 14.2 Å². The summed E-state index contributed by atoms with van der Waals surface area (Å²) in [5.74, 6) is -1.28. The molecule has 0 bridgehead atoms. The van der Waals surface area contributed by atoms with E-state index in [1.807, 2.05) is 35.8 Å². The number of imidazole rings is 1. The maximum absolute atomic E-state index is 14.4. The van der Waals surface area contributed by atoms with E-state index >= 15 is 0 Å². The zero-order valence-electron chi connectivity index (χ0n) is 19.6. The predicted molar refractivity (Wildman–Crippen MR) is 132 cm³/mol. The molecule has 0 aliphatic rings. The van der Waals surface area contributed by atoms with E-state index in [0.29, 0.717) is 29.8 Å². The van der Waals surface area contributed by atoms with Crippen LogP contribution < -0.4 is 0 Å². The molecule has 0 saturated carbocycles. The highest BCUT2D eigenvalue weighted by Gasteiger charge is 2.22. The summed E-state index contributed by atoms with van der Waals surface area (Å²) < 4.78 is 23.7. The molecule has 7 heteroatoms. The fourth-order valence-corrected chi connectivity index (χ4v) is 5.14. The fraction of sp³-hybridized carbons (Fsp3) is 0.259. The van der Waals surface area contributed by atoms with Crippen molar-refractivity contribution in [3.8, 4) is 11.1 Å². The molecule has 0 fully saturated rings. The Bertz CT molecular complexity index is 1600. The van der Waals surface area contributed by atoms with Gasteiger partial charge in [0, 0.05) is 36.5 Å². The number of nitrogens with zero attached hydrogens (tertiary/aromatic N) is 3. The smallest absolute Gasteiger partial charge is 0.336 e. The highest BCUT2D eigenvalue weighted by atomic mass is 19.1. The normalized spacial score (nSPS) is 11.8. The van der Waals surface area contributed by atoms with Crippen LogP contribution in [-0.2, 0) is 17.8 Å². The Hall–Kier alpha value is -3.71. The number of carbonyl (C=O) groups is 1. The van der Waals surface area contributed by atoms with E-state index < -0.39 is 5.97 Å². The van der Waals surface area contributed by atoms with E-state index in [2.05, 4.69) is 16.5 Å². The van der Waals surface area contributed by atoms with E-state index in [-0.39, 0.29) is 11.4 Å². The topological polar surface area (TPSA) is 69.3 Å². The maximum Gasteiger partial charge on any atom is 0.336 e. The standard InChI is InChI=1S/C27H26FN3O3/c1-5-31-22-7-6-17(11-20(22)21-12-18(28)10-15(2)26(21)31)19-13-23-25(16(3)24(19)27(32)33)29-14-30(23)8-9-34-4/h6-7,10-14H,5,8-9H2,1-4H3,(H,32,33). The SMILES string of the molecule is CCn1c2ccc(-c3cc4c(ncn4CCOC)c(C)c3C(=O)O)cc2c2cc(F)cc(C)c21. The van der Waals surface area contributed by atoms with E-state index in [0.717, 1.165) is 45.0 Å². The zero-order valence-corrected chi connectivity index (χ0v) is 19.6. The molecule has 0 unspecified atom stereocenters. The Morgan fingerprint density at radius 3 is 2.62 bits per heavy atom. The van der Waals surface area contributed by atoms with Gasteiger partial charge in [0.05, 0.1) is 35.0 Å². The monoisotopic (exact) mass is 459 g/mol. The molecule has 0 saturated heterocycles. The molecule has 0 spiro atoms. The van der Waals surface area contributed by atoms with Gasteiger partial charge in [-0.05, 0) is 73.4 Å². The van der Waals surface area contributed by atoms with Crippen LogP contribution in [0.5, 0.6) is 0 Å². The quantitative estimate of drug-likeness (QED) is 0.342. The second kappa shape index (κ2) is 8.25. The molecule has 2 heterocycles. The van der Waals surface area contributed by atoms with Gasteiger partial charge >= 0.3 is 5.97 Å². The van der Waals surface area contributed by atoms with Gasteiger partial charge in [-0.1, -0.05) is 6.07 Å². The van der Waals surface area contributed by atoms with Gasteiger partial charge in [0.15, 0.2) is 0 Å². The third-order valence-corrected chi connectivity index (χ3v) is 6.65. The van der Waals surface area contributed by atoms with Gasteiger partial charge in [-0.2, -0.15) is 0 Å². The first-order valence-corrected chi connectivity index (χ1v) is 11.3. The molecule has 0 atom stereocenters. The second-order valence-corrected chi connectivity index (χ2v) is 8.62. The number of hydrogen-bond donors (Lipinski definition) is 1. The van der Waals surface area contributed by atoms with Crippen LogP contribution in [0, 0.1) is 19.7 Å². The minimum atomic E-state index is -1.00. The number of aryl methyl sites for hydroxylation is 3. The van der Waals surface area contributed by atoms with Crippen LogP contribution in [0.15, 0.2) is 42.7 Å². The molecule has 6 nitrogen and oxygen atoms in total. The number of hydrogen-bond acceptors (Lipinski definition) is 3. The minimum absolute atomic E-state index is 0.227. The molecule has 0 radical (unpaired) electrons. The largest absolute Gasteiger partial charge is 0.478 e. The number of fused-ring (bicyclic) bond motifs is 4. The van der Waals surface area contributed by atoms with E-state index in [9.17, 15) is 14.3 Å². The Kier molecular flexibility index (Phi) is 5.37. The van der Waals surface area contributed by atoms with Crippen LogP contribution in [0.1, 0.15) is 28.4 Å². The van der Waals surface area contributed by atoms with Crippen molar-refractivity contribution >= 4 is 38.8 Å². The number of methoxy groups -OCH3 is 1. The molecule has 34 heavy (non-hydrogen) atoms. The first-order valence-electron chi connectivity index (χ1n) is 11.3. The number of aromatic nitrogens is 3. The first-order chi connectivity index (χ1) is 16.3. The summed E-state index contributed by atoms with van der Waals surface area (Å²) >= 11 is 0. The van der Waals surface area contributed by atoms with Crippen molar-refractivity contribution in [2.75, 3.05) is 13.7 Å². The van der Waals surface area contributed by atoms with Crippen molar-refractivity contribution in [3.05, 3.63) is 65.2 Å². The third-order valence-electron chi connectivity index (χ3n) is 6.65.